The van der Waals surface area contributed by atoms with E-state index in [4.69, 9.17) is 0 Å². The van der Waals surface area contributed by atoms with E-state index in [1.807, 2.05) is 44.1 Å². The van der Waals surface area contributed by atoms with Gasteiger partial charge in [0.1, 0.15) is 0 Å². The van der Waals surface area contributed by atoms with E-state index in [0.29, 0.717) is 24.3 Å². The van der Waals surface area contributed by atoms with Gasteiger partial charge in [0.15, 0.2) is 0 Å². The Hall–Kier alpha value is -2.42. The molecule has 0 aromatic heterocycles. The summed E-state index contributed by atoms with van der Waals surface area (Å²) in [5, 5.41) is 0. The molecule has 0 atom stereocenters. The quantitative estimate of drug-likeness (QED) is 0.575. The Kier molecular flexibility index (Phi) is 8.40. The van der Waals surface area contributed by atoms with Crippen molar-refractivity contribution < 1.29 is 13.2 Å². The number of amides is 1. The van der Waals surface area contributed by atoms with Crippen molar-refractivity contribution in [3.8, 4) is 0 Å². The van der Waals surface area contributed by atoms with E-state index in [1.165, 1.54) is 23.5 Å². The second kappa shape index (κ2) is 10.6. The fourth-order valence-electron chi connectivity index (χ4n) is 2.86. The number of benzene rings is 2. The lowest BCUT2D eigenvalue weighted by Crippen LogP contribution is -2.40. The predicted molar refractivity (Wildman–Crippen MR) is 121 cm³/mol. The van der Waals surface area contributed by atoms with Gasteiger partial charge < -0.3 is 14.7 Å². The fraction of sp³-hybridized carbons (Fsp3) is 0.409. The van der Waals surface area contributed by atoms with Crippen LogP contribution in [-0.4, -0.2) is 90.4 Å². The lowest BCUT2D eigenvalue weighted by molar-refractivity contribution is 0.0733. The topological polar surface area (TPSA) is 64.2 Å². The predicted octanol–water partition coefficient (Wildman–Crippen LogP) is 2.08. The Morgan fingerprint density at radius 1 is 0.767 bits per heavy atom. The standard InChI is InChI=1S/C22H32N4O3S/c1-23(2)14-16-26(17-15-24(3)4)22(27)19-10-9-13-21(18-19)30(28,29)25(5)20-11-7-6-8-12-20/h6-13,18H,14-17H2,1-5H3. The molecule has 0 bridgehead atoms. The summed E-state index contributed by atoms with van der Waals surface area (Å²) >= 11 is 0. The van der Waals surface area contributed by atoms with Crippen molar-refractivity contribution in [2.24, 2.45) is 0 Å². The third kappa shape index (κ3) is 6.29. The van der Waals surface area contributed by atoms with Crippen LogP contribution in [0.3, 0.4) is 0 Å². The summed E-state index contributed by atoms with van der Waals surface area (Å²) in [6.07, 6.45) is 0. The maximum absolute atomic E-state index is 13.2. The molecule has 0 radical (unpaired) electrons. The molecule has 7 nitrogen and oxygen atoms in total. The van der Waals surface area contributed by atoms with Gasteiger partial charge in [-0.15, -0.1) is 0 Å². The van der Waals surface area contributed by atoms with Gasteiger partial charge in [0.25, 0.3) is 15.9 Å². The van der Waals surface area contributed by atoms with Crippen molar-refractivity contribution in [2.45, 2.75) is 4.90 Å². The number of rotatable bonds is 10. The highest BCUT2D eigenvalue weighted by Gasteiger charge is 2.23. The summed E-state index contributed by atoms with van der Waals surface area (Å²) in [7, 11) is 5.57. The van der Waals surface area contributed by atoms with E-state index < -0.39 is 10.0 Å². The molecule has 0 unspecified atom stereocenters. The third-order valence-electron chi connectivity index (χ3n) is 4.78. The molecule has 8 heteroatoms. The number of sulfonamides is 1. The Bertz CT molecular complexity index is 918. The lowest BCUT2D eigenvalue weighted by Gasteiger charge is -2.26. The molecule has 0 spiro atoms. The van der Waals surface area contributed by atoms with Gasteiger partial charge in [0.2, 0.25) is 0 Å². The number of hydrogen-bond acceptors (Lipinski definition) is 5. The highest BCUT2D eigenvalue weighted by atomic mass is 32.2. The minimum atomic E-state index is -3.78. The molecule has 0 aliphatic heterocycles. The van der Waals surface area contributed by atoms with Crippen LogP contribution in [0, 0.1) is 0 Å². The molecule has 0 fully saturated rings. The van der Waals surface area contributed by atoms with E-state index >= 15 is 0 Å². The summed E-state index contributed by atoms with van der Waals surface area (Å²) in [5.41, 5.74) is 0.933. The van der Waals surface area contributed by atoms with Gasteiger partial charge in [-0.05, 0) is 58.5 Å². The van der Waals surface area contributed by atoms with Crippen LogP contribution in [0.5, 0.6) is 0 Å². The van der Waals surface area contributed by atoms with Crippen LogP contribution in [0.2, 0.25) is 0 Å². The highest BCUT2D eigenvalue weighted by molar-refractivity contribution is 7.92. The average molecular weight is 433 g/mol. The van der Waals surface area contributed by atoms with E-state index in [1.54, 1.807) is 41.3 Å². The number of nitrogens with zero attached hydrogens (tertiary/aromatic N) is 4. The molecule has 2 rings (SSSR count). The molecule has 0 aliphatic carbocycles. The van der Waals surface area contributed by atoms with Gasteiger partial charge in [-0.1, -0.05) is 24.3 Å². The minimum Gasteiger partial charge on any atom is -0.336 e. The largest absolute Gasteiger partial charge is 0.336 e. The summed E-state index contributed by atoms with van der Waals surface area (Å²) < 4.78 is 27.4. The van der Waals surface area contributed by atoms with Crippen LogP contribution in [-0.2, 0) is 10.0 Å². The summed E-state index contributed by atoms with van der Waals surface area (Å²) in [6, 6.07) is 15.2. The number of likely N-dealkylation sites (N-methyl/N-ethyl adjacent to an activating group) is 2. The summed E-state index contributed by atoms with van der Waals surface area (Å²) in [6.45, 7) is 2.60. The maximum Gasteiger partial charge on any atom is 0.264 e. The first-order chi connectivity index (χ1) is 14.1. The van der Waals surface area contributed by atoms with Crippen molar-refractivity contribution in [2.75, 3.05) is 65.7 Å². The van der Waals surface area contributed by atoms with Crippen LogP contribution in [0.1, 0.15) is 10.4 Å². The van der Waals surface area contributed by atoms with Crippen molar-refractivity contribution in [1.29, 1.82) is 0 Å². The third-order valence-corrected chi connectivity index (χ3v) is 6.56. The number of para-hydroxylation sites is 1. The zero-order chi connectivity index (χ0) is 22.3. The highest BCUT2D eigenvalue weighted by Crippen LogP contribution is 2.22. The lowest BCUT2D eigenvalue weighted by atomic mass is 10.2. The SMILES string of the molecule is CN(C)CCN(CCN(C)C)C(=O)c1cccc(S(=O)(=O)N(C)c2ccccc2)c1. The van der Waals surface area contributed by atoms with Gasteiger partial charge in [0, 0.05) is 38.8 Å². The first-order valence-corrected chi connectivity index (χ1v) is 11.3. The zero-order valence-electron chi connectivity index (χ0n) is 18.4. The second-order valence-corrected chi connectivity index (χ2v) is 9.70. The van der Waals surface area contributed by atoms with Gasteiger partial charge >= 0.3 is 0 Å². The maximum atomic E-state index is 13.2. The van der Waals surface area contributed by atoms with Crippen LogP contribution in [0.4, 0.5) is 5.69 Å². The van der Waals surface area contributed by atoms with Gasteiger partial charge in [-0.3, -0.25) is 9.10 Å². The molecule has 2 aromatic carbocycles. The number of carbonyl (C=O) groups is 1. The average Bonchev–Trinajstić information content (AvgIpc) is 2.73. The second-order valence-electron chi connectivity index (χ2n) is 7.73. The van der Waals surface area contributed by atoms with Crippen LogP contribution >= 0.6 is 0 Å². The number of anilines is 1. The van der Waals surface area contributed by atoms with Crippen LogP contribution in [0.25, 0.3) is 0 Å². The first-order valence-electron chi connectivity index (χ1n) is 9.85. The van der Waals surface area contributed by atoms with Gasteiger partial charge in [0.05, 0.1) is 10.6 Å². The Labute approximate surface area is 180 Å². The van der Waals surface area contributed by atoms with E-state index in [9.17, 15) is 13.2 Å². The molecule has 1 amide bonds. The minimum absolute atomic E-state index is 0.0971. The summed E-state index contributed by atoms with van der Waals surface area (Å²) in [5.74, 6) is -0.168. The normalized spacial score (nSPS) is 11.7. The van der Waals surface area contributed by atoms with Gasteiger partial charge in [-0.2, -0.15) is 0 Å². The Morgan fingerprint density at radius 2 is 1.33 bits per heavy atom. The molecule has 0 heterocycles. The van der Waals surface area contributed by atoms with E-state index in [-0.39, 0.29) is 10.8 Å². The zero-order valence-corrected chi connectivity index (χ0v) is 19.3. The number of carbonyl (C=O) groups excluding carboxylic acids is 1. The molecule has 0 saturated carbocycles. The van der Waals surface area contributed by atoms with Crippen molar-refractivity contribution in [1.82, 2.24) is 14.7 Å². The molecular formula is C22H32N4O3S. The molecule has 2 aromatic rings. The first kappa shape index (κ1) is 23.9. The molecule has 0 saturated heterocycles. The smallest absolute Gasteiger partial charge is 0.264 e. The molecular weight excluding hydrogens is 400 g/mol. The fourth-order valence-corrected chi connectivity index (χ4v) is 4.11. The van der Waals surface area contributed by atoms with Crippen molar-refractivity contribution in [3.05, 3.63) is 60.2 Å². The van der Waals surface area contributed by atoms with Crippen molar-refractivity contribution in [3.63, 3.8) is 0 Å². The van der Waals surface area contributed by atoms with Crippen LogP contribution < -0.4 is 4.31 Å². The molecule has 164 valence electrons. The monoisotopic (exact) mass is 432 g/mol. The Balaban J connectivity index is 2.29. The van der Waals surface area contributed by atoms with Gasteiger partial charge in [-0.25, -0.2) is 8.42 Å². The molecule has 30 heavy (non-hydrogen) atoms. The Morgan fingerprint density at radius 3 is 1.87 bits per heavy atom. The van der Waals surface area contributed by atoms with Crippen LogP contribution in [0.15, 0.2) is 59.5 Å². The summed E-state index contributed by atoms with van der Waals surface area (Å²) in [4.78, 5) is 19.1. The van der Waals surface area contributed by atoms with Crippen molar-refractivity contribution >= 4 is 21.6 Å². The number of hydrogen-bond donors (Lipinski definition) is 0. The molecule has 0 aliphatic rings. The molecule has 0 N–H and O–H groups in total. The van der Waals surface area contributed by atoms with E-state index in [0.717, 1.165) is 13.1 Å². The van der Waals surface area contributed by atoms with E-state index in [2.05, 4.69) is 0 Å².